The Balaban J connectivity index is 1.89. The number of nitrogens with zero attached hydrogens (tertiary/aromatic N) is 2. The third kappa shape index (κ3) is 8.83. The normalized spacial score (nSPS) is 11.1. The second-order valence-electron chi connectivity index (χ2n) is 4.77. The van der Waals surface area contributed by atoms with Crippen molar-refractivity contribution in [2.75, 3.05) is 46.2 Å². The van der Waals surface area contributed by atoms with Gasteiger partial charge in [-0.3, -0.25) is 0 Å². The minimum atomic E-state index is 0.607. The average Bonchev–Trinajstić information content (AvgIpc) is 2.92. The van der Waals surface area contributed by atoms with Crippen LogP contribution in [0.5, 0.6) is 0 Å². The lowest BCUT2D eigenvalue weighted by atomic mass is 10.4. The summed E-state index contributed by atoms with van der Waals surface area (Å²) < 4.78 is 18.4. The van der Waals surface area contributed by atoms with Crippen molar-refractivity contribution in [3.05, 3.63) is 18.2 Å². The maximum absolute atomic E-state index is 5.54. The molecule has 6 nitrogen and oxygen atoms in total. The Morgan fingerprint density at radius 2 is 1.71 bits per heavy atom. The van der Waals surface area contributed by atoms with Crippen LogP contribution >= 0.6 is 0 Å². The molecule has 0 aliphatic carbocycles. The van der Waals surface area contributed by atoms with Crippen molar-refractivity contribution in [2.24, 2.45) is 5.73 Å². The summed E-state index contributed by atoms with van der Waals surface area (Å²) in [6.45, 7) is 7.57. The average molecular weight is 299 g/mol. The van der Waals surface area contributed by atoms with Crippen molar-refractivity contribution in [3.63, 3.8) is 0 Å². The first-order valence-electron chi connectivity index (χ1n) is 7.81. The first-order valence-corrected chi connectivity index (χ1v) is 7.81. The van der Waals surface area contributed by atoms with Gasteiger partial charge in [-0.1, -0.05) is 13.3 Å². The summed E-state index contributed by atoms with van der Waals surface area (Å²) >= 11 is 0. The maximum atomic E-state index is 5.54. The molecule has 21 heavy (non-hydrogen) atoms. The van der Waals surface area contributed by atoms with Crippen LogP contribution in [0.1, 0.15) is 25.6 Å². The minimum Gasteiger partial charge on any atom is -0.379 e. The van der Waals surface area contributed by atoms with Gasteiger partial charge >= 0.3 is 0 Å². The summed E-state index contributed by atoms with van der Waals surface area (Å²) in [5.41, 5.74) is 5.54. The molecule has 0 saturated carbocycles. The topological polar surface area (TPSA) is 71.5 Å². The molecule has 2 N–H and O–H groups in total. The highest BCUT2D eigenvalue weighted by atomic mass is 16.5. The number of ether oxygens (including phenoxy) is 3. The lowest BCUT2D eigenvalue weighted by Gasteiger charge is -2.09. The van der Waals surface area contributed by atoms with Gasteiger partial charge in [0.25, 0.3) is 0 Å². The Hall–Kier alpha value is -0.950. The molecule has 1 aromatic heterocycles. The van der Waals surface area contributed by atoms with Crippen LogP contribution in [-0.2, 0) is 27.2 Å². The van der Waals surface area contributed by atoms with Crippen molar-refractivity contribution in [3.8, 4) is 0 Å². The summed E-state index contributed by atoms with van der Waals surface area (Å²) in [6.07, 6.45) is 6.83. The lowest BCUT2D eigenvalue weighted by Crippen LogP contribution is -2.14. The standard InChI is InChI=1S/C15H29N3O3/c1-2-3-9-19-11-13-21-14-12-20-10-8-18-7-6-17-15(18)4-5-16/h6-7H,2-5,8-14,16H2,1H3. The highest BCUT2D eigenvalue weighted by molar-refractivity contribution is 4.92. The van der Waals surface area contributed by atoms with Gasteiger partial charge in [0.15, 0.2) is 0 Å². The van der Waals surface area contributed by atoms with Crippen LogP contribution in [0.4, 0.5) is 0 Å². The molecule has 122 valence electrons. The zero-order chi connectivity index (χ0) is 15.2. The molecule has 1 heterocycles. The third-order valence-electron chi connectivity index (χ3n) is 3.03. The summed E-state index contributed by atoms with van der Waals surface area (Å²) in [5, 5.41) is 0. The zero-order valence-electron chi connectivity index (χ0n) is 13.1. The van der Waals surface area contributed by atoms with Gasteiger partial charge in [-0.15, -0.1) is 0 Å². The van der Waals surface area contributed by atoms with Crippen molar-refractivity contribution >= 4 is 0 Å². The van der Waals surface area contributed by atoms with E-state index in [1.807, 2.05) is 6.20 Å². The lowest BCUT2D eigenvalue weighted by molar-refractivity contribution is 0.0126. The fourth-order valence-corrected chi connectivity index (χ4v) is 1.85. The fraction of sp³-hybridized carbons (Fsp3) is 0.800. The second kappa shape index (κ2) is 12.8. The summed E-state index contributed by atoms with van der Waals surface area (Å²) in [7, 11) is 0. The Morgan fingerprint density at radius 3 is 2.38 bits per heavy atom. The van der Waals surface area contributed by atoms with E-state index in [-0.39, 0.29) is 0 Å². The van der Waals surface area contributed by atoms with Crippen LogP contribution in [-0.4, -0.2) is 55.7 Å². The van der Waals surface area contributed by atoms with Crippen LogP contribution in [0.2, 0.25) is 0 Å². The predicted molar refractivity (Wildman–Crippen MR) is 82.4 cm³/mol. The third-order valence-corrected chi connectivity index (χ3v) is 3.03. The molecule has 0 aliphatic heterocycles. The van der Waals surface area contributed by atoms with Gasteiger partial charge in [0.1, 0.15) is 5.82 Å². The van der Waals surface area contributed by atoms with E-state index in [2.05, 4.69) is 16.5 Å². The molecule has 0 atom stereocenters. The summed E-state index contributed by atoms with van der Waals surface area (Å²) in [4.78, 5) is 4.26. The predicted octanol–water partition coefficient (Wildman–Crippen LogP) is 1.23. The van der Waals surface area contributed by atoms with E-state index >= 15 is 0 Å². The van der Waals surface area contributed by atoms with Gasteiger partial charge in [0, 0.05) is 32.0 Å². The molecule has 0 aliphatic rings. The van der Waals surface area contributed by atoms with Gasteiger partial charge in [-0.25, -0.2) is 4.98 Å². The molecule has 0 fully saturated rings. The van der Waals surface area contributed by atoms with Crippen LogP contribution in [0.25, 0.3) is 0 Å². The monoisotopic (exact) mass is 299 g/mol. The Labute approximate surface area is 127 Å². The summed E-state index contributed by atoms with van der Waals surface area (Å²) in [5.74, 6) is 1.02. The molecule has 0 amide bonds. The number of rotatable bonds is 14. The molecule has 0 aromatic carbocycles. The molecule has 0 radical (unpaired) electrons. The Morgan fingerprint density at radius 1 is 1.05 bits per heavy atom. The van der Waals surface area contributed by atoms with Gasteiger partial charge in [0.2, 0.25) is 0 Å². The van der Waals surface area contributed by atoms with Gasteiger partial charge in [0.05, 0.1) is 33.0 Å². The number of imidazole rings is 1. The van der Waals surface area contributed by atoms with E-state index in [1.54, 1.807) is 6.20 Å². The van der Waals surface area contributed by atoms with E-state index in [9.17, 15) is 0 Å². The highest BCUT2D eigenvalue weighted by Gasteiger charge is 2.01. The number of aromatic nitrogens is 2. The molecule has 6 heteroatoms. The first kappa shape index (κ1) is 18.1. The van der Waals surface area contributed by atoms with Crippen LogP contribution in [0.3, 0.4) is 0 Å². The fourth-order valence-electron chi connectivity index (χ4n) is 1.85. The molecular weight excluding hydrogens is 270 g/mol. The van der Waals surface area contributed by atoms with Gasteiger partial charge < -0.3 is 24.5 Å². The Bertz CT molecular complexity index is 345. The van der Waals surface area contributed by atoms with E-state index in [0.29, 0.717) is 39.6 Å². The van der Waals surface area contributed by atoms with E-state index in [4.69, 9.17) is 19.9 Å². The summed E-state index contributed by atoms with van der Waals surface area (Å²) in [6, 6.07) is 0. The van der Waals surface area contributed by atoms with Crippen LogP contribution in [0, 0.1) is 0 Å². The quantitative estimate of drug-likeness (QED) is 0.523. The minimum absolute atomic E-state index is 0.607. The number of nitrogens with two attached hydrogens (primary N) is 1. The van der Waals surface area contributed by atoms with E-state index in [0.717, 1.165) is 31.8 Å². The first-order chi connectivity index (χ1) is 10.4. The maximum Gasteiger partial charge on any atom is 0.109 e. The SMILES string of the molecule is CCCCOCCOCCOCCn1ccnc1CCN. The van der Waals surface area contributed by atoms with Crippen molar-refractivity contribution < 1.29 is 14.2 Å². The van der Waals surface area contributed by atoms with E-state index < -0.39 is 0 Å². The van der Waals surface area contributed by atoms with Crippen LogP contribution < -0.4 is 5.73 Å². The van der Waals surface area contributed by atoms with Crippen molar-refractivity contribution in [1.82, 2.24) is 9.55 Å². The Kier molecular flexibility index (Phi) is 11.0. The smallest absolute Gasteiger partial charge is 0.109 e. The molecule has 0 bridgehead atoms. The van der Waals surface area contributed by atoms with Crippen molar-refractivity contribution in [2.45, 2.75) is 32.7 Å². The molecule has 0 unspecified atom stereocenters. The number of hydrogen-bond donors (Lipinski definition) is 1. The second-order valence-corrected chi connectivity index (χ2v) is 4.77. The highest BCUT2D eigenvalue weighted by Crippen LogP contribution is 1.98. The molecule has 1 rings (SSSR count). The largest absolute Gasteiger partial charge is 0.379 e. The molecule has 0 saturated heterocycles. The molecule has 1 aromatic rings. The number of unbranched alkanes of at least 4 members (excludes halogenated alkanes) is 1. The number of hydrogen-bond acceptors (Lipinski definition) is 5. The van der Waals surface area contributed by atoms with Gasteiger partial charge in [-0.2, -0.15) is 0 Å². The zero-order valence-corrected chi connectivity index (χ0v) is 13.1. The van der Waals surface area contributed by atoms with Crippen molar-refractivity contribution in [1.29, 1.82) is 0 Å². The van der Waals surface area contributed by atoms with Gasteiger partial charge in [-0.05, 0) is 13.0 Å². The molecule has 0 spiro atoms. The molecular formula is C15H29N3O3. The van der Waals surface area contributed by atoms with Crippen LogP contribution in [0.15, 0.2) is 12.4 Å². The van der Waals surface area contributed by atoms with E-state index in [1.165, 1.54) is 6.42 Å².